The van der Waals surface area contributed by atoms with Crippen LogP contribution in [0.2, 0.25) is 0 Å². The molecule has 0 saturated carbocycles. The number of nitrogens with zero attached hydrogens (tertiary/aromatic N) is 3. The van der Waals surface area contributed by atoms with Gasteiger partial charge in [-0.2, -0.15) is 5.10 Å². The summed E-state index contributed by atoms with van der Waals surface area (Å²) in [5.41, 5.74) is 1.96. The summed E-state index contributed by atoms with van der Waals surface area (Å²) < 4.78 is 31.3. The zero-order valence-electron chi connectivity index (χ0n) is 16.0. The molecule has 0 bridgehead atoms. The molecule has 8 heteroatoms. The van der Waals surface area contributed by atoms with Crippen molar-refractivity contribution in [2.24, 2.45) is 13.0 Å². The lowest BCUT2D eigenvalue weighted by Gasteiger charge is -2.38. The molecule has 1 amide bonds. The first-order valence-corrected chi connectivity index (χ1v) is 10.6. The largest absolute Gasteiger partial charge is 0.497 e. The predicted octanol–water partition coefficient (Wildman–Crippen LogP) is 1.99. The number of hydrogen-bond acceptors (Lipinski definition) is 5. The van der Waals surface area contributed by atoms with E-state index in [9.17, 15) is 13.2 Å². The Morgan fingerprint density at radius 3 is 2.63 bits per heavy atom. The number of aryl methyl sites for hydroxylation is 1. The molecule has 27 heavy (non-hydrogen) atoms. The summed E-state index contributed by atoms with van der Waals surface area (Å²) >= 11 is 0. The predicted molar refractivity (Wildman–Crippen MR) is 104 cm³/mol. The van der Waals surface area contributed by atoms with E-state index in [-0.39, 0.29) is 30.7 Å². The van der Waals surface area contributed by atoms with Crippen molar-refractivity contribution in [3.8, 4) is 17.0 Å². The summed E-state index contributed by atoms with van der Waals surface area (Å²) in [6.45, 7) is 4.25. The van der Waals surface area contributed by atoms with Gasteiger partial charge in [-0.05, 0) is 24.1 Å². The number of sulfone groups is 1. The summed E-state index contributed by atoms with van der Waals surface area (Å²) in [7, 11) is 0.152. The van der Waals surface area contributed by atoms with Gasteiger partial charge < -0.3 is 9.64 Å². The van der Waals surface area contributed by atoms with E-state index in [2.05, 4.69) is 5.10 Å². The summed E-state index contributed by atoms with van der Waals surface area (Å²) in [5.74, 6) is 0.759. The number of rotatable bonds is 6. The number of carbonyl (C=O) groups excluding carboxylic acids is 1. The van der Waals surface area contributed by atoms with E-state index in [0.29, 0.717) is 17.1 Å². The van der Waals surface area contributed by atoms with E-state index in [1.165, 1.54) is 4.68 Å². The van der Waals surface area contributed by atoms with Gasteiger partial charge in [0.05, 0.1) is 23.8 Å². The molecule has 0 atom stereocenters. The SMILES string of the molecule is COc1cccc(-c2cc(C(=O)N3CC(S(=O)(=O)CC(C)C)C3)n(C)n2)c1. The van der Waals surface area contributed by atoms with Crippen molar-refractivity contribution < 1.29 is 17.9 Å². The molecule has 0 spiro atoms. The van der Waals surface area contributed by atoms with E-state index in [0.717, 1.165) is 5.56 Å². The van der Waals surface area contributed by atoms with Crippen molar-refractivity contribution >= 4 is 15.7 Å². The summed E-state index contributed by atoms with van der Waals surface area (Å²) in [6, 6.07) is 9.19. The fourth-order valence-corrected chi connectivity index (χ4v) is 5.20. The van der Waals surface area contributed by atoms with Crippen molar-refractivity contribution in [2.75, 3.05) is 26.0 Å². The fourth-order valence-electron chi connectivity index (χ4n) is 3.18. The maximum Gasteiger partial charge on any atom is 0.272 e. The lowest BCUT2D eigenvalue weighted by Crippen LogP contribution is -2.57. The van der Waals surface area contributed by atoms with Crippen molar-refractivity contribution in [1.29, 1.82) is 0 Å². The average molecular weight is 391 g/mol. The van der Waals surface area contributed by atoms with Crippen LogP contribution >= 0.6 is 0 Å². The van der Waals surface area contributed by atoms with Gasteiger partial charge in [0.1, 0.15) is 11.4 Å². The minimum absolute atomic E-state index is 0.0854. The van der Waals surface area contributed by atoms with Crippen molar-refractivity contribution in [2.45, 2.75) is 19.1 Å². The van der Waals surface area contributed by atoms with E-state index < -0.39 is 15.1 Å². The Kier molecular flexibility index (Phi) is 5.28. The second-order valence-corrected chi connectivity index (χ2v) is 9.65. The smallest absolute Gasteiger partial charge is 0.272 e. The Morgan fingerprint density at radius 1 is 1.30 bits per heavy atom. The van der Waals surface area contributed by atoms with E-state index in [4.69, 9.17) is 4.74 Å². The number of likely N-dealkylation sites (tertiary alicyclic amines) is 1. The van der Waals surface area contributed by atoms with E-state index in [1.54, 1.807) is 25.1 Å². The molecule has 0 radical (unpaired) electrons. The molecule has 0 unspecified atom stereocenters. The minimum Gasteiger partial charge on any atom is -0.497 e. The second kappa shape index (κ2) is 7.34. The Balaban J connectivity index is 1.73. The number of carbonyl (C=O) groups is 1. The van der Waals surface area contributed by atoms with Crippen LogP contribution in [0.15, 0.2) is 30.3 Å². The topological polar surface area (TPSA) is 81.5 Å². The number of ether oxygens (including phenoxy) is 1. The quantitative estimate of drug-likeness (QED) is 0.752. The minimum atomic E-state index is -3.16. The Bertz CT molecular complexity index is 944. The monoisotopic (exact) mass is 391 g/mol. The third-order valence-electron chi connectivity index (χ3n) is 4.67. The number of methoxy groups -OCH3 is 1. The van der Waals surface area contributed by atoms with Crippen LogP contribution in [0, 0.1) is 5.92 Å². The van der Waals surface area contributed by atoms with Gasteiger partial charge in [-0.25, -0.2) is 8.42 Å². The first-order valence-electron chi connectivity index (χ1n) is 8.90. The molecule has 2 heterocycles. The van der Waals surface area contributed by atoms with Gasteiger partial charge in [0.25, 0.3) is 5.91 Å². The van der Waals surface area contributed by atoms with E-state index in [1.807, 2.05) is 38.1 Å². The molecule has 1 fully saturated rings. The van der Waals surface area contributed by atoms with Gasteiger partial charge in [0.15, 0.2) is 9.84 Å². The molecule has 1 aromatic carbocycles. The molecule has 146 valence electrons. The first kappa shape index (κ1) is 19.4. The maximum atomic E-state index is 12.8. The van der Waals surface area contributed by atoms with Crippen LogP contribution in [-0.2, 0) is 16.9 Å². The van der Waals surface area contributed by atoms with Crippen LogP contribution in [0.4, 0.5) is 0 Å². The van der Waals surface area contributed by atoms with Crippen LogP contribution < -0.4 is 4.74 Å². The molecular formula is C19H25N3O4S. The normalized spacial score (nSPS) is 15.1. The van der Waals surface area contributed by atoms with Gasteiger partial charge in [-0.15, -0.1) is 0 Å². The van der Waals surface area contributed by atoms with Gasteiger partial charge >= 0.3 is 0 Å². The van der Waals surface area contributed by atoms with Crippen LogP contribution in [0.5, 0.6) is 5.75 Å². The lowest BCUT2D eigenvalue weighted by molar-refractivity contribution is 0.0647. The van der Waals surface area contributed by atoms with Crippen LogP contribution in [0.3, 0.4) is 0 Å². The van der Waals surface area contributed by atoms with Crippen molar-refractivity contribution in [1.82, 2.24) is 14.7 Å². The maximum absolute atomic E-state index is 12.8. The first-order chi connectivity index (χ1) is 12.7. The van der Waals surface area contributed by atoms with Crippen LogP contribution in [-0.4, -0.2) is 60.2 Å². The summed E-state index contributed by atoms with van der Waals surface area (Å²) in [4.78, 5) is 14.3. The Labute approximate surface area is 159 Å². The Hall–Kier alpha value is -2.35. The molecule has 7 nitrogen and oxygen atoms in total. The highest BCUT2D eigenvalue weighted by atomic mass is 32.2. The zero-order chi connectivity index (χ0) is 19.8. The van der Waals surface area contributed by atoms with Gasteiger partial charge in [0.2, 0.25) is 0 Å². The molecule has 1 aliphatic heterocycles. The molecule has 1 saturated heterocycles. The van der Waals surface area contributed by atoms with Gasteiger partial charge in [0, 0.05) is 25.7 Å². The molecule has 0 aliphatic carbocycles. The van der Waals surface area contributed by atoms with Gasteiger partial charge in [-0.1, -0.05) is 26.0 Å². The van der Waals surface area contributed by atoms with Crippen LogP contribution in [0.1, 0.15) is 24.3 Å². The van der Waals surface area contributed by atoms with Gasteiger partial charge in [-0.3, -0.25) is 9.48 Å². The molecule has 2 aromatic rings. The molecule has 1 aromatic heterocycles. The molecule has 3 rings (SSSR count). The lowest BCUT2D eigenvalue weighted by atomic mass is 10.1. The summed E-state index contributed by atoms with van der Waals surface area (Å²) in [6.07, 6.45) is 0. The Morgan fingerprint density at radius 2 is 2.00 bits per heavy atom. The third-order valence-corrected chi connectivity index (χ3v) is 7.12. The second-order valence-electron chi connectivity index (χ2n) is 7.33. The highest BCUT2D eigenvalue weighted by Gasteiger charge is 2.40. The molecular weight excluding hydrogens is 366 g/mol. The fraction of sp³-hybridized carbons (Fsp3) is 0.474. The van der Waals surface area contributed by atoms with Crippen molar-refractivity contribution in [3.63, 3.8) is 0 Å². The van der Waals surface area contributed by atoms with Crippen LogP contribution in [0.25, 0.3) is 11.3 Å². The zero-order valence-corrected chi connectivity index (χ0v) is 16.9. The molecule has 0 N–H and O–H groups in total. The number of aromatic nitrogens is 2. The third kappa shape index (κ3) is 4.00. The number of amides is 1. The summed E-state index contributed by atoms with van der Waals surface area (Å²) in [5, 5.41) is 3.96. The number of hydrogen-bond donors (Lipinski definition) is 0. The van der Waals surface area contributed by atoms with E-state index >= 15 is 0 Å². The highest BCUT2D eigenvalue weighted by molar-refractivity contribution is 7.92. The average Bonchev–Trinajstić information content (AvgIpc) is 2.93. The standard InChI is InChI=1S/C19H25N3O4S/c1-13(2)12-27(24,25)16-10-22(11-16)19(23)18-9-17(20-21(18)3)14-6-5-7-15(8-14)26-4/h5-9,13,16H,10-12H2,1-4H3. The highest BCUT2D eigenvalue weighted by Crippen LogP contribution is 2.26. The van der Waals surface area contributed by atoms with Crippen molar-refractivity contribution in [3.05, 3.63) is 36.0 Å². The molecule has 1 aliphatic rings. The number of benzene rings is 1.